The highest BCUT2D eigenvalue weighted by molar-refractivity contribution is 7.81. The number of Topliss-reactive ketones (excluding diaryl/α,β-unsaturated/α-hetero) is 1. The van der Waals surface area contributed by atoms with Gasteiger partial charge in [0.05, 0.1) is 11.8 Å². The summed E-state index contributed by atoms with van der Waals surface area (Å²) >= 11 is 5.75. The zero-order valence-electron chi connectivity index (χ0n) is 20.0. The molecule has 2 aromatic rings. The van der Waals surface area contributed by atoms with Crippen LogP contribution in [0.15, 0.2) is 59.2 Å². The van der Waals surface area contributed by atoms with Crippen LogP contribution in [-0.2, 0) is 11.2 Å². The predicted molar refractivity (Wildman–Crippen MR) is 139 cm³/mol. The molecule has 2 N–H and O–H groups in total. The Morgan fingerprint density at radius 2 is 1.52 bits per heavy atom. The fraction of sp³-hybridized carbons (Fsp3) is 0.370. The first-order chi connectivity index (χ1) is 14.9. The van der Waals surface area contributed by atoms with Crippen LogP contribution in [0, 0.1) is 0 Å². The highest BCUT2D eigenvalue weighted by Crippen LogP contribution is 2.31. The first-order valence-electron chi connectivity index (χ1n) is 11.2. The maximum Gasteiger partial charge on any atom is 0.132 e. The van der Waals surface area contributed by atoms with Crippen LogP contribution in [0.4, 0.5) is 0 Å². The standard InChI is InChI=1S/C23H24N2OS.2C2H6/c1-4-16-9-11-17(12-10-16)22-19-8-6-5-7-18(19)21(15(3)24)23(27)20(25-22)13-14(2)26;2*1-2/h5-12,20H,4,13,24H2,1-3H3;2*1-2H3/b21-15-;;/t20-;;/m0../s1. The predicted octanol–water partition coefficient (Wildman–Crippen LogP) is 6.56. The van der Waals surface area contributed by atoms with Crippen LogP contribution < -0.4 is 5.73 Å². The average Bonchev–Trinajstić information content (AvgIpc) is 2.91. The van der Waals surface area contributed by atoms with Gasteiger partial charge in [0.15, 0.2) is 0 Å². The zero-order valence-corrected chi connectivity index (χ0v) is 20.8. The number of aryl methyl sites for hydroxylation is 1. The van der Waals surface area contributed by atoms with Gasteiger partial charge in [0.2, 0.25) is 0 Å². The van der Waals surface area contributed by atoms with E-state index < -0.39 is 0 Å². The van der Waals surface area contributed by atoms with Gasteiger partial charge in [-0.2, -0.15) is 0 Å². The maximum atomic E-state index is 11.9. The molecular weight excluding hydrogens is 400 g/mol. The summed E-state index contributed by atoms with van der Waals surface area (Å²) in [5, 5.41) is 0. The van der Waals surface area contributed by atoms with Gasteiger partial charge in [-0.25, -0.2) is 0 Å². The second-order valence-corrected chi connectivity index (χ2v) is 7.36. The van der Waals surface area contributed by atoms with E-state index in [1.54, 1.807) is 6.92 Å². The largest absolute Gasteiger partial charge is 0.402 e. The van der Waals surface area contributed by atoms with Gasteiger partial charge in [0.1, 0.15) is 5.78 Å². The Hall–Kier alpha value is -2.59. The van der Waals surface area contributed by atoms with Crippen molar-refractivity contribution in [2.75, 3.05) is 0 Å². The van der Waals surface area contributed by atoms with Gasteiger partial charge in [-0.15, -0.1) is 0 Å². The fourth-order valence-electron chi connectivity index (χ4n) is 3.44. The number of rotatable bonds is 4. The summed E-state index contributed by atoms with van der Waals surface area (Å²) in [7, 11) is 0. The van der Waals surface area contributed by atoms with Crippen molar-refractivity contribution in [1.82, 2.24) is 0 Å². The first-order valence-corrected chi connectivity index (χ1v) is 11.6. The Morgan fingerprint density at radius 3 is 2.00 bits per heavy atom. The second kappa shape index (κ2) is 13.0. The number of carbonyl (C=O) groups excluding carboxylic acids is 1. The van der Waals surface area contributed by atoms with Crippen LogP contribution in [0.1, 0.15) is 77.1 Å². The van der Waals surface area contributed by atoms with Crippen LogP contribution in [0.3, 0.4) is 0 Å². The third-order valence-electron chi connectivity index (χ3n) is 4.80. The third-order valence-corrected chi connectivity index (χ3v) is 5.27. The molecule has 1 aliphatic rings. The molecule has 0 aliphatic carbocycles. The number of ketones is 1. The Balaban J connectivity index is 0.00000113. The SMILES string of the molecule is CC.CC.CCc1ccc(C2=N[C@@H](CC(C)=O)C(=S)/C(=C(/C)N)c3ccccc32)cc1. The Labute approximate surface area is 193 Å². The number of hydrogen-bond donors (Lipinski definition) is 1. The van der Waals surface area contributed by atoms with Crippen LogP contribution >= 0.6 is 12.2 Å². The molecule has 0 saturated carbocycles. The van der Waals surface area contributed by atoms with Crippen molar-refractivity contribution in [3.63, 3.8) is 0 Å². The monoisotopic (exact) mass is 436 g/mol. The van der Waals surface area contributed by atoms with E-state index in [0.717, 1.165) is 34.4 Å². The Bertz CT molecular complexity index is 951. The summed E-state index contributed by atoms with van der Waals surface area (Å²) in [5.74, 6) is 0.0618. The van der Waals surface area contributed by atoms with Gasteiger partial charge in [0, 0.05) is 33.7 Å². The van der Waals surface area contributed by atoms with Crippen LogP contribution in [0.5, 0.6) is 0 Å². The van der Waals surface area contributed by atoms with Gasteiger partial charge in [-0.3, -0.25) is 9.79 Å². The fourth-order valence-corrected chi connectivity index (χ4v) is 3.84. The van der Waals surface area contributed by atoms with E-state index in [-0.39, 0.29) is 18.2 Å². The zero-order chi connectivity index (χ0) is 23.6. The lowest BCUT2D eigenvalue weighted by atomic mass is 9.90. The number of carbonyl (C=O) groups is 1. The second-order valence-electron chi connectivity index (χ2n) is 6.92. The summed E-state index contributed by atoms with van der Waals surface area (Å²) in [6.45, 7) is 13.6. The number of thiocarbonyl (C=S) groups is 1. The van der Waals surface area contributed by atoms with Crippen LogP contribution in [0.25, 0.3) is 5.57 Å². The van der Waals surface area contributed by atoms with E-state index in [1.807, 2.05) is 58.9 Å². The van der Waals surface area contributed by atoms with Crippen molar-refractivity contribution in [2.45, 2.75) is 67.3 Å². The summed E-state index contributed by atoms with van der Waals surface area (Å²) in [6.07, 6.45) is 1.26. The number of allylic oxidation sites excluding steroid dienone is 1. The van der Waals surface area contributed by atoms with E-state index >= 15 is 0 Å². The summed E-state index contributed by atoms with van der Waals surface area (Å²) < 4.78 is 0. The smallest absolute Gasteiger partial charge is 0.132 e. The number of hydrogen-bond acceptors (Lipinski definition) is 4. The minimum atomic E-state index is -0.390. The first kappa shape index (κ1) is 26.4. The highest BCUT2D eigenvalue weighted by Gasteiger charge is 2.28. The molecule has 4 heteroatoms. The van der Waals surface area contributed by atoms with E-state index in [1.165, 1.54) is 5.56 Å². The molecule has 1 atom stereocenters. The molecule has 2 aromatic carbocycles. The van der Waals surface area contributed by atoms with Gasteiger partial charge in [-0.05, 0) is 31.4 Å². The van der Waals surface area contributed by atoms with E-state index in [4.69, 9.17) is 22.9 Å². The van der Waals surface area contributed by atoms with Crippen molar-refractivity contribution in [3.05, 3.63) is 76.5 Å². The minimum Gasteiger partial charge on any atom is -0.402 e. The average molecular weight is 437 g/mol. The summed E-state index contributed by atoms with van der Waals surface area (Å²) in [6, 6.07) is 16.1. The Kier molecular flexibility index (Phi) is 11.1. The van der Waals surface area contributed by atoms with Crippen molar-refractivity contribution in [1.29, 1.82) is 0 Å². The molecule has 31 heavy (non-hydrogen) atoms. The molecule has 0 radical (unpaired) electrons. The molecule has 3 nitrogen and oxygen atoms in total. The third kappa shape index (κ3) is 6.44. The summed E-state index contributed by atoms with van der Waals surface area (Å²) in [4.78, 5) is 17.5. The molecule has 0 fully saturated rings. The van der Waals surface area contributed by atoms with E-state index in [2.05, 4.69) is 31.2 Å². The number of nitrogens with two attached hydrogens (primary N) is 1. The van der Waals surface area contributed by atoms with Gasteiger partial charge >= 0.3 is 0 Å². The molecule has 166 valence electrons. The molecule has 0 saturated heterocycles. The molecule has 0 spiro atoms. The van der Waals surface area contributed by atoms with Gasteiger partial charge in [0.25, 0.3) is 0 Å². The van der Waals surface area contributed by atoms with Crippen molar-refractivity contribution in [3.8, 4) is 0 Å². The summed E-state index contributed by atoms with van der Waals surface area (Å²) in [5.41, 5.74) is 12.8. The molecule has 0 bridgehead atoms. The molecular formula is C27H36N2OS. The van der Waals surface area contributed by atoms with E-state index in [9.17, 15) is 4.79 Å². The molecule has 0 amide bonds. The molecule has 0 unspecified atom stereocenters. The van der Waals surface area contributed by atoms with Crippen LogP contribution in [0.2, 0.25) is 0 Å². The lowest BCUT2D eigenvalue weighted by Gasteiger charge is -2.15. The lowest BCUT2D eigenvalue weighted by Crippen LogP contribution is -2.22. The quantitative estimate of drug-likeness (QED) is 0.436. The highest BCUT2D eigenvalue weighted by atomic mass is 32.1. The van der Waals surface area contributed by atoms with Crippen molar-refractivity contribution >= 4 is 34.2 Å². The van der Waals surface area contributed by atoms with Gasteiger partial charge < -0.3 is 5.73 Å². The lowest BCUT2D eigenvalue weighted by molar-refractivity contribution is -0.117. The van der Waals surface area contributed by atoms with E-state index in [0.29, 0.717) is 10.6 Å². The number of aliphatic imine (C=N–C) groups is 1. The molecule has 0 aromatic heterocycles. The normalized spacial score (nSPS) is 16.4. The Morgan fingerprint density at radius 1 is 0.968 bits per heavy atom. The topological polar surface area (TPSA) is 55.5 Å². The van der Waals surface area contributed by atoms with Crippen molar-refractivity contribution in [2.24, 2.45) is 10.7 Å². The van der Waals surface area contributed by atoms with Crippen LogP contribution in [-0.4, -0.2) is 22.4 Å². The number of benzene rings is 2. The maximum absolute atomic E-state index is 11.9. The van der Waals surface area contributed by atoms with Gasteiger partial charge in [-0.1, -0.05) is 95.4 Å². The van der Waals surface area contributed by atoms with Crippen molar-refractivity contribution < 1.29 is 4.79 Å². The molecule has 1 heterocycles. The molecule has 1 aliphatic heterocycles. The minimum absolute atomic E-state index is 0.0618. The number of fused-ring (bicyclic) bond motifs is 1. The number of nitrogens with zero attached hydrogens (tertiary/aromatic N) is 1. The molecule has 3 rings (SSSR count).